The summed E-state index contributed by atoms with van der Waals surface area (Å²) in [6.45, 7) is 6.07. The normalized spacial score (nSPS) is 14.2. The van der Waals surface area contributed by atoms with Gasteiger partial charge in [-0.2, -0.15) is 0 Å². The largest absolute Gasteiger partial charge is 0.394 e. The van der Waals surface area contributed by atoms with Gasteiger partial charge in [-0.25, -0.2) is 0 Å². The summed E-state index contributed by atoms with van der Waals surface area (Å²) >= 11 is 0. The van der Waals surface area contributed by atoms with Crippen LogP contribution in [0.15, 0.2) is 42.5 Å². The van der Waals surface area contributed by atoms with Gasteiger partial charge >= 0.3 is 0 Å². The van der Waals surface area contributed by atoms with E-state index in [4.69, 9.17) is 9.84 Å². The van der Waals surface area contributed by atoms with Crippen LogP contribution in [0.5, 0.6) is 0 Å². The van der Waals surface area contributed by atoms with Gasteiger partial charge in [-0.15, -0.1) is 6.58 Å². The van der Waals surface area contributed by atoms with Crippen molar-refractivity contribution in [2.24, 2.45) is 0 Å². The first-order chi connectivity index (χ1) is 8.61. The first-order valence-electron chi connectivity index (χ1n) is 6.20. The number of hydrogen-bond donors (Lipinski definition) is 2. The molecule has 1 rings (SSSR count). The highest BCUT2D eigenvalue weighted by molar-refractivity contribution is 5.13. The van der Waals surface area contributed by atoms with E-state index >= 15 is 0 Å². The van der Waals surface area contributed by atoms with Gasteiger partial charge in [0, 0.05) is 6.42 Å². The van der Waals surface area contributed by atoms with Crippen LogP contribution in [0.25, 0.3) is 0 Å². The number of aliphatic hydroxyl groups is 2. The Morgan fingerprint density at radius 3 is 2.56 bits per heavy atom. The predicted octanol–water partition coefficient (Wildman–Crippen LogP) is 2.28. The smallest absolute Gasteiger partial charge is 0.0795 e. The summed E-state index contributed by atoms with van der Waals surface area (Å²) in [5.41, 5.74) is 2.11. The number of aliphatic hydroxyl groups excluding tert-OH is 2. The van der Waals surface area contributed by atoms with Crippen molar-refractivity contribution in [1.82, 2.24) is 0 Å². The molecular weight excluding hydrogens is 228 g/mol. The highest BCUT2D eigenvalue weighted by atomic mass is 16.5. The second-order valence-electron chi connectivity index (χ2n) is 4.65. The van der Waals surface area contributed by atoms with Gasteiger partial charge in [0.15, 0.2) is 0 Å². The van der Waals surface area contributed by atoms with Gasteiger partial charge in [-0.1, -0.05) is 35.9 Å². The molecule has 0 spiro atoms. The van der Waals surface area contributed by atoms with Gasteiger partial charge in [0.05, 0.1) is 25.4 Å². The summed E-state index contributed by atoms with van der Waals surface area (Å²) in [6, 6.07) is 9.90. The summed E-state index contributed by atoms with van der Waals surface area (Å²) in [7, 11) is 0. The Labute approximate surface area is 109 Å². The van der Waals surface area contributed by atoms with Crippen LogP contribution in [0.1, 0.15) is 25.3 Å². The summed E-state index contributed by atoms with van der Waals surface area (Å²) in [5, 5.41) is 18.4. The number of rotatable bonds is 8. The molecule has 18 heavy (non-hydrogen) atoms. The van der Waals surface area contributed by atoms with Crippen molar-refractivity contribution in [2.75, 3.05) is 6.61 Å². The van der Waals surface area contributed by atoms with Gasteiger partial charge in [0.25, 0.3) is 0 Å². The highest BCUT2D eigenvalue weighted by Crippen LogP contribution is 2.14. The van der Waals surface area contributed by atoms with E-state index in [-0.39, 0.29) is 12.7 Å². The second kappa shape index (κ2) is 8.03. The molecule has 0 bridgehead atoms. The van der Waals surface area contributed by atoms with Crippen LogP contribution >= 0.6 is 0 Å². The summed E-state index contributed by atoms with van der Waals surface area (Å²) in [4.78, 5) is 0. The quantitative estimate of drug-likeness (QED) is 0.696. The molecule has 0 fully saturated rings. The average molecular weight is 250 g/mol. The Morgan fingerprint density at radius 1 is 1.33 bits per heavy atom. The van der Waals surface area contributed by atoms with E-state index in [0.717, 1.165) is 11.1 Å². The van der Waals surface area contributed by atoms with E-state index < -0.39 is 6.10 Å². The van der Waals surface area contributed by atoms with Gasteiger partial charge < -0.3 is 14.9 Å². The molecule has 1 aromatic carbocycles. The van der Waals surface area contributed by atoms with Crippen LogP contribution in [0.2, 0.25) is 0 Å². The first kappa shape index (κ1) is 14.9. The molecule has 0 unspecified atom stereocenters. The molecule has 2 N–H and O–H groups in total. The van der Waals surface area contributed by atoms with Gasteiger partial charge in [-0.3, -0.25) is 0 Å². The van der Waals surface area contributed by atoms with E-state index in [1.165, 1.54) is 0 Å². The van der Waals surface area contributed by atoms with Crippen molar-refractivity contribution in [3.05, 3.63) is 48.0 Å². The third kappa shape index (κ3) is 5.96. The molecule has 0 aliphatic rings. The second-order valence-corrected chi connectivity index (χ2v) is 4.65. The number of benzene rings is 1. The van der Waals surface area contributed by atoms with Gasteiger partial charge in [0.1, 0.15) is 0 Å². The maximum Gasteiger partial charge on any atom is 0.0795 e. The maximum absolute atomic E-state index is 9.48. The zero-order valence-electron chi connectivity index (χ0n) is 10.9. The molecule has 100 valence electrons. The van der Waals surface area contributed by atoms with Crippen molar-refractivity contribution >= 4 is 0 Å². The number of ether oxygens (including phenoxy) is 1. The fourth-order valence-corrected chi connectivity index (χ4v) is 1.77. The SMILES string of the molecule is C=C(C)C[C@@H](C[C@@H](O)CO)OCc1ccccc1. The lowest BCUT2D eigenvalue weighted by Crippen LogP contribution is -2.23. The minimum Gasteiger partial charge on any atom is -0.394 e. The standard InChI is InChI=1S/C15H22O3/c1-12(2)8-15(9-14(17)10-16)18-11-13-6-4-3-5-7-13/h3-7,14-17H,1,8-11H2,2H3/t14-,15+/m1/s1. The number of hydrogen-bond acceptors (Lipinski definition) is 3. The van der Waals surface area contributed by atoms with Crippen molar-refractivity contribution in [2.45, 2.75) is 38.6 Å². The molecule has 0 aromatic heterocycles. The van der Waals surface area contributed by atoms with Crippen LogP contribution in [0.3, 0.4) is 0 Å². The van der Waals surface area contributed by atoms with E-state index in [1.54, 1.807) is 0 Å². The zero-order valence-corrected chi connectivity index (χ0v) is 10.9. The van der Waals surface area contributed by atoms with Crippen LogP contribution in [-0.4, -0.2) is 29.0 Å². The van der Waals surface area contributed by atoms with E-state index in [2.05, 4.69) is 6.58 Å². The van der Waals surface area contributed by atoms with Crippen LogP contribution < -0.4 is 0 Å². The van der Waals surface area contributed by atoms with Crippen molar-refractivity contribution in [1.29, 1.82) is 0 Å². The summed E-state index contributed by atoms with van der Waals surface area (Å²) < 4.78 is 5.78. The maximum atomic E-state index is 9.48. The fraction of sp³-hybridized carbons (Fsp3) is 0.467. The topological polar surface area (TPSA) is 49.7 Å². The average Bonchev–Trinajstić information content (AvgIpc) is 2.36. The minimum atomic E-state index is -0.731. The molecule has 0 radical (unpaired) electrons. The molecular formula is C15H22O3. The third-order valence-electron chi connectivity index (χ3n) is 2.65. The first-order valence-corrected chi connectivity index (χ1v) is 6.20. The monoisotopic (exact) mass is 250 g/mol. The Bertz CT molecular complexity index is 348. The Balaban J connectivity index is 2.47. The Kier molecular flexibility index (Phi) is 6.65. The lowest BCUT2D eigenvalue weighted by molar-refractivity contribution is -0.00968. The third-order valence-corrected chi connectivity index (χ3v) is 2.65. The summed E-state index contributed by atoms with van der Waals surface area (Å²) in [6.07, 6.45) is 0.287. The van der Waals surface area contributed by atoms with Crippen molar-refractivity contribution in [3.63, 3.8) is 0 Å². The summed E-state index contributed by atoms with van der Waals surface area (Å²) in [5.74, 6) is 0. The highest BCUT2D eigenvalue weighted by Gasteiger charge is 2.15. The van der Waals surface area contributed by atoms with Gasteiger partial charge in [-0.05, 0) is 18.9 Å². The molecule has 0 heterocycles. The molecule has 3 heteroatoms. The fourth-order valence-electron chi connectivity index (χ4n) is 1.77. The molecule has 0 aliphatic carbocycles. The molecule has 0 amide bonds. The molecule has 1 aromatic rings. The van der Waals surface area contributed by atoms with Crippen LogP contribution in [-0.2, 0) is 11.3 Å². The molecule has 0 saturated carbocycles. The molecule has 3 nitrogen and oxygen atoms in total. The molecule has 0 aliphatic heterocycles. The lowest BCUT2D eigenvalue weighted by Gasteiger charge is -2.20. The molecule has 0 saturated heterocycles. The Morgan fingerprint density at radius 2 is 2.00 bits per heavy atom. The lowest BCUT2D eigenvalue weighted by atomic mass is 10.1. The Hall–Kier alpha value is -1.16. The van der Waals surface area contributed by atoms with E-state index in [9.17, 15) is 5.11 Å². The van der Waals surface area contributed by atoms with E-state index in [1.807, 2.05) is 37.3 Å². The van der Waals surface area contributed by atoms with Crippen LogP contribution in [0.4, 0.5) is 0 Å². The van der Waals surface area contributed by atoms with Crippen molar-refractivity contribution < 1.29 is 14.9 Å². The van der Waals surface area contributed by atoms with Crippen LogP contribution in [0, 0.1) is 0 Å². The van der Waals surface area contributed by atoms with Gasteiger partial charge in [0.2, 0.25) is 0 Å². The van der Waals surface area contributed by atoms with E-state index in [0.29, 0.717) is 19.4 Å². The minimum absolute atomic E-state index is 0.107. The molecule has 2 atom stereocenters. The van der Waals surface area contributed by atoms with Crippen molar-refractivity contribution in [3.8, 4) is 0 Å². The predicted molar refractivity (Wildman–Crippen MR) is 72.2 cm³/mol. The zero-order chi connectivity index (χ0) is 13.4.